The van der Waals surface area contributed by atoms with Crippen LogP contribution >= 0.6 is 31.9 Å². The number of amides is 2. The van der Waals surface area contributed by atoms with Gasteiger partial charge in [0.15, 0.2) is 23.0 Å². The molecule has 0 fully saturated rings. The van der Waals surface area contributed by atoms with E-state index in [4.69, 9.17) is 9.47 Å². The van der Waals surface area contributed by atoms with Crippen LogP contribution in [0.5, 0.6) is 23.0 Å². The van der Waals surface area contributed by atoms with Crippen molar-refractivity contribution in [1.82, 2.24) is 10.9 Å². The summed E-state index contributed by atoms with van der Waals surface area (Å²) in [5.41, 5.74) is 5.85. The topological polar surface area (TPSA) is 142 Å². The molecule has 0 aromatic heterocycles. The molecular formula is C22H24Br2N4O6. The molecule has 4 N–H and O–H groups in total. The van der Waals surface area contributed by atoms with Crippen molar-refractivity contribution in [3.05, 3.63) is 44.3 Å². The van der Waals surface area contributed by atoms with Gasteiger partial charge in [-0.15, -0.1) is 0 Å². The Kier molecular flexibility index (Phi) is 10.8. The normalized spacial score (nSPS) is 11.1. The number of carbonyl (C=O) groups is 2. The summed E-state index contributed by atoms with van der Waals surface area (Å²) in [5, 5.41) is 27.5. The van der Waals surface area contributed by atoms with Crippen LogP contribution in [0.4, 0.5) is 0 Å². The van der Waals surface area contributed by atoms with Crippen LogP contribution in [0.3, 0.4) is 0 Å². The number of benzene rings is 2. The summed E-state index contributed by atoms with van der Waals surface area (Å²) < 4.78 is 11.5. The van der Waals surface area contributed by atoms with Gasteiger partial charge in [-0.2, -0.15) is 10.2 Å². The molecule has 0 spiro atoms. The molecule has 2 aromatic carbocycles. The molecular weight excluding hydrogens is 576 g/mol. The Morgan fingerprint density at radius 1 is 0.824 bits per heavy atom. The molecule has 182 valence electrons. The van der Waals surface area contributed by atoms with Gasteiger partial charge in [-0.25, -0.2) is 10.9 Å². The monoisotopic (exact) mass is 598 g/mol. The van der Waals surface area contributed by atoms with E-state index >= 15 is 0 Å². The lowest BCUT2D eigenvalue weighted by atomic mass is 10.2. The van der Waals surface area contributed by atoms with Gasteiger partial charge in [-0.3, -0.25) is 9.59 Å². The third-order valence-electron chi connectivity index (χ3n) is 4.09. The van der Waals surface area contributed by atoms with Gasteiger partial charge in [0.2, 0.25) is 11.8 Å². The summed E-state index contributed by atoms with van der Waals surface area (Å²) in [6, 6.07) is 6.38. The van der Waals surface area contributed by atoms with Gasteiger partial charge in [0, 0.05) is 12.8 Å². The van der Waals surface area contributed by atoms with E-state index in [0.29, 0.717) is 33.3 Å². The first-order valence-corrected chi connectivity index (χ1v) is 11.8. The van der Waals surface area contributed by atoms with Crippen molar-refractivity contribution in [2.24, 2.45) is 10.2 Å². The van der Waals surface area contributed by atoms with E-state index in [2.05, 4.69) is 52.9 Å². The van der Waals surface area contributed by atoms with Crippen molar-refractivity contribution in [3.63, 3.8) is 0 Å². The zero-order valence-electron chi connectivity index (χ0n) is 18.5. The number of rotatable bonds is 11. The number of halogens is 2. The maximum absolute atomic E-state index is 11.9. The molecule has 0 saturated heterocycles. The van der Waals surface area contributed by atoms with E-state index in [1.54, 1.807) is 38.1 Å². The molecule has 0 unspecified atom stereocenters. The molecule has 10 nitrogen and oxygen atoms in total. The smallest absolute Gasteiger partial charge is 0.240 e. The summed E-state index contributed by atoms with van der Waals surface area (Å²) in [5.74, 6) is -0.385. The Hall–Kier alpha value is -3.12. The maximum Gasteiger partial charge on any atom is 0.240 e. The van der Waals surface area contributed by atoms with Crippen molar-refractivity contribution >= 4 is 56.1 Å². The minimum Gasteiger partial charge on any atom is -0.503 e. The number of phenols is 2. The Morgan fingerprint density at radius 2 is 1.21 bits per heavy atom. The first-order chi connectivity index (χ1) is 16.2. The highest BCUT2D eigenvalue weighted by molar-refractivity contribution is 9.10. The van der Waals surface area contributed by atoms with Crippen molar-refractivity contribution in [3.8, 4) is 23.0 Å². The van der Waals surface area contributed by atoms with E-state index in [0.717, 1.165) is 0 Å². The van der Waals surface area contributed by atoms with Crippen molar-refractivity contribution < 1.29 is 29.3 Å². The van der Waals surface area contributed by atoms with Crippen LogP contribution in [0.2, 0.25) is 0 Å². The third-order valence-corrected chi connectivity index (χ3v) is 5.30. The third kappa shape index (κ3) is 8.34. The standard InChI is InChI=1S/C22H24Br2N4O6/c1-3-33-17-9-13(7-15(23)21(17)31)11-25-27-19(29)5-6-20(30)28-26-12-14-8-16(24)22(32)18(10-14)34-4-2/h7-12,31-32H,3-6H2,1-2H3,(H,27,29)(H,28,30)/b25-11+,26-12+. The van der Waals surface area contributed by atoms with E-state index < -0.39 is 11.8 Å². The first-order valence-electron chi connectivity index (χ1n) is 10.2. The molecule has 0 aliphatic heterocycles. The molecule has 12 heteroatoms. The van der Waals surface area contributed by atoms with Crippen LogP contribution in [0.25, 0.3) is 0 Å². The van der Waals surface area contributed by atoms with Crippen LogP contribution in [0.1, 0.15) is 37.8 Å². The molecule has 0 bridgehead atoms. The lowest BCUT2D eigenvalue weighted by molar-refractivity contribution is -0.126. The molecule has 2 aromatic rings. The van der Waals surface area contributed by atoms with Crippen molar-refractivity contribution in [1.29, 1.82) is 0 Å². The van der Waals surface area contributed by atoms with E-state index in [1.165, 1.54) is 12.4 Å². The Labute approximate surface area is 213 Å². The highest BCUT2D eigenvalue weighted by atomic mass is 79.9. The quantitative estimate of drug-likeness (QED) is 0.229. The molecule has 0 radical (unpaired) electrons. The minimum absolute atomic E-state index is 0.0236. The predicted molar refractivity (Wildman–Crippen MR) is 135 cm³/mol. The fourth-order valence-corrected chi connectivity index (χ4v) is 3.48. The number of nitrogens with zero attached hydrogens (tertiary/aromatic N) is 2. The fourth-order valence-electron chi connectivity index (χ4n) is 2.56. The van der Waals surface area contributed by atoms with Crippen LogP contribution in [-0.2, 0) is 9.59 Å². The van der Waals surface area contributed by atoms with E-state index in [9.17, 15) is 19.8 Å². The highest BCUT2D eigenvalue weighted by Crippen LogP contribution is 2.35. The molecule has 0 atom stereocenters. The van der Waals surface area contributed by atoms with Gasteiger partial charge in [-0.1, -0.05) is 0 Å². The average molecular weight is 600 g/mol. The zero-order valence-corrected chi connectivity index (χ0v) is 21.6. The molecule has 0 aliphatic rings. The summed E-state index contributed by atoms with van der Waals surface area (Å²) in [4.78, 5) is 23.9. The summed E-state index contributed by atoms with van der Waals surface area (Å²) in [6.07, 6.45) is 2.59. The van der Waals surface area contributed by atoms with Gasteiger partial charge in [0.05, 0.1) is 34.6 Å². The number of nitrogens with one attached hydrogen (secondary N) is 2. The van der Waals surface area contributed by atoms with Crippen molar-refractivity contribution in [2.45, 2.75) is 26.7 Å². The molecule has 0 aliphatic carbocycles. The Balaban J connectivity index is 1.82. The lowest BCUT2D eigenvalue weighted by Gasteiger charge is -2.08. The van der Waals surface area contributed by atoms with E-state index in [-0.39, 0.29) is 35.8 Å². The second-order valence-corrected chi connectivity index (χ2v) is 8.36. The lowest BCUT2D eigenvalue weighted by Crippen LogP contribution is -2.22. The second kappa shape index (κ2) is 13.6. The number of hydrogen-bond acceptors (Lipinski definition) is 8. The number of hydrogen-bond donors (Lipinski definition) is 4. The summed E-state index contributed by atoms with van der Waals surface area (Å²) in [6.45, 7) is 4.34. The van der Waals surface area contributed by atoms with Crippen LogP contribution in [0.15, 0.2) is 43.4 Å². The predicted octanol–water partition coefficient (Wildman–Crippen LogP) is 3.80. The van der Waals surface area contributed by atoms with Gasteiger partial charge < -0.3 is 19.7 Å². The fraction of sp³-hybridized carbons (Fsp3) is 0.273. The number of aromatic hydroxyl groups is 2. The first kappa shape index (κ1) is 27.1. The van der Waals surface area contributed by atoms with Crippen LogP contribution < -0.4 is 20.3 Å². The molecule has 2 amide bonds. The molecule has 0 saturated carbocycles. The molecule has 0 heterocycles. The number of carbonyl (C=O) groups excluding carboxylic acids is 2. The van der Waals surface area contributed by atoms with Gasteiger partial charge in [-0.05, 0) is 81.1 Å². The maximum atomic E-state index is 11.9. The zero-order chi connectivity index (χ0) is 25.1. The van der Waals surface area contributed by atoms with Gasteiger partial charge >= 0.3 is 0 Å². The number of ether oxygens (including phenoxy) is 2. The average Bonchev–Trinajstić information content (AvgIpc) is 2.79. The molecule has 34 heavy (non-hydrogen) atoms. The summed E-state index contributed by atoms with van der Waals surface area (Å²) in [7, 11) is 0. The largest absolute Gasteiger partial charge is 0.503 e. The van der Waals surface area contributed by atoms with Gasteiger partial charge in [0.25, 0.3) is 0 Å². The second-order valence-electron chi connectivity index (χ2n) is 6.65. The SMILES string of the molecule is CCOc1cc(/C=N/NC(=O)CCC(=O)N/N=C/c2cc(Br)c(O)c(OCC)c2)cc(Br)c1O. The highest BCUT2D eigenvalue weighted by Gasteiger charge is 2.10. The Morgan fingerprint density at radius 3 is 1.56 bits per heavy atom. The summed E-state index contributed by atoms with van der Waals surface area (Å²) >= 11 is 6.45. The molecule has 2 rings (SSSR count). The number of phenolic OH excluding ortho intramolecular Hbond substituents is 2. The van der Waals surface area contributed by atoms with Crippen LogP contribution in [0, 0.1) is 0 Å². The van der Waals surface area contributed by atoms with Crippen LogP contribution in [-0.4, -0.2) is 47.7 Å². The van der Waals surface area contributed by atoms with Gasteiger partial charge in [0.1, 0.15) is 0 Å². The van der Waals surface area contributed by atoms with E-state index in [1.807, 2.05) is 0 Å². The number of hydrazone groups is 2. The Bertz CT molecular complexity index is 1010. The van der Waals surface area contributed by atoms with Crippen molar-refractivity contribution in [2.75, 3.05) is 13.2 Å². The minimum atomic E-state index is -0.456.